The zero-order valence-electron chi connectivity index (χ0n) is 18.4. The molecule has 31 heavy (non-hydrogen) atoms. The van der Waals surface area contributed by atoms with E-state index in [1.54, 1.807) is 0 Å². The largest absolute Gasteiger partial charge is 0.481 e. The van der Waals surface area contributed by atoms with Gasteiger partial charge in [-0.05, 0) is 64.4 Å². The van der Waals surface area contributed by atoms with Gasteiger partial charge in [-0.25, -0.2) is 0 Å². The molecule has 3 N–H and O–H groups in total. The van der Waals surface area contributed by atoms with Crippen LogP contribution >= 0.6 is 11.3 Å². The third-order valence-corrected chi connectivity index (χ3v) is 8.45. The van der Waals surface area contributed by atoms with Gasteiger partial charge in [-0.3, -0.25) is 14.4 Å². The Morgan fingerprint density at radius 2 is 1.61 bits per heavy atom. The summed E-state index contributed by atoms with van der Waals surface area (Å²) in [7, 11) is 0. The molecule has 4 rings (SSSR count). The molecule has 1 aromatic rings. The quantitative estimate of drug-likeness (QED) is 0.574. The van der Waals surface area contributed by atoms with Crippen LogP contribution in [0.15, 0.2) is 11.1 Å². The summed E-state index contributed by atoms with van der Waals surface area (Å²) in [5.41, 5.74) is 3.82. The Morgan fingerprint density at radius 3 is 2.29 bits per heavy atom. The number of hydrogen-bond acceptors (Lipinski definition) is 4. The van der Waals surface area contributed by atoms with Crippen LogP contribution in [-0.2, 0) is 22.4 Å². The highest BCUT2D eigenvalue weighted by atomic mass is 32.1. The second-order valence-corrected chi connectivity index (χ2v) is 10.5. The van der Waals surface area contributed by atoms with Gasteiger partial charge in [-0.15, -0.1) is 11.3 Å². The molecule has 2 amide bonds. The lowest BCUT2D eigenvalue weighted by atomic mass is 9.76. The van der Waals surface area contributed by atoms with Crippen molar-refractivity contribution in [3.63, 3.8) is 0 Å². The average Bonchev–Trinajstić information content (AvgIpc) is 3.30. The summed E-state index contributed by atoms with van der Waals surface area (Å²) in [6.07, 6.45) is 9.19. The summed E-state index contributed by atoms with van der Waals surface area (Å²) in [4.78, 5) is 39.4. The number of amides is 2. The van der Waals surface area contributed by atoms with E-state index in [1.165, 1.54) is 22.6 Å². The van der Waals surface area contributed by atoms with Gasteiger partial charge in [0.2, 0.25) is 5.91 Å². The maximum atomic E-state index is 13.2. The SMILES string of the molecule is CC1=C(C)CC(C(=O)Nc2sc3c(c2C(=O)NC2CCCCC2)CCC3)C(C(=O)O)C1. The molecule has 1 heterocycles. The van der Waals surface area contributed by atoms with Crippen molar-refractivity contribution >= 4 is 34.1 Å². The van der Waals surface area contributed by atoms with Crippen LogP contribution in [0.1, 0.15) is 86.0 Å². The Labute approximate surface area is 187 Å². The molecule has 2 unspecified atom stereocenters. The van der Waals surface area contributed by atoms with E-state index in [0.717, 1.165) is 61.7 Å². The third kappa shape index (κ3) is 4.56. The van der Waals surface area contributed by atoms with E-state index < -0.39 is 17.8 Å². The first-order chi connectivity index (χ1) is 14.8. The number of thiophene rings is 1. The molecular weight excluding hydrogens is 412 g/mol. The number of aliphatic carboxylic acids is 1. The van der Waals surface area contributed by atoms with Gasteiger partial charge in [0.05, 0.1) is 17.4 Å². The standard InChI is InChI=1S/C24H32N2O4S/c1-13-11-17(18(24(29)30)12-14(13)2)21(27)26-23-20(16-9-6-10-19(16)31-23)22(28)25-15-7-4-3-5-8-15/h15,17-18H,3-12H2,1-2H3,(H,25,28)(H,26,27)(H,29,30). The van der Waals surface area contributed by atoms with Gasteiger partial charge in [0, 0.05) is 10.9 Å². The van der Waals surface area contributed by atoms with Crippen LogP contribution in [0.2, 0.25) is 0 Å². The van der Waals surface area contributed by atoms with Gasteiger partial charge >= 0.3 is 5.97 Å². The summed E-state index contributed by atoms with van der Waals surface area (Å²) < 4.78 is 0. The first kappa shape index (κ1) is 22.1. The van der Waals surface area contributed by atoms with Crippen molar-refractivity contribution in [2.24, 2.45) is 11.8 Å². The van der Waals surface area contributed by atoms with Crippen molar-refractivity contribution < 1.29 is 19.5 Å². The number of aryl methyl sites for hydroxylation is 1. The molecule has 1 saturated carbocycles. The number of carboxylic acids is 1. The number of rotatable bonds is 5. The Hall–Kier alpha value is -2.15. The molecule has 7 heteroatoms. The fraction of sp³-hybridized carbons (Fsp3) is 0.625. The average molecular weight is 445 g/mol. The van der Waals surface area contributed by atoms with Crippen LogP contribution in [0.4, 0.5) is 5.00 Å². The number of carboxylic acid groups (broad SMARTS) is 1. The summed E-state index contributed by atoms with van der Waals surface area (Å²) in [6.45, 7) is 3.91. The lowest BCUT2D eigenvalue weighted by Crippen LogP contribution is -2.38. The van der Waals surface area contributed by atoms with E-state index in [1.807, 2.05) is 13.8 Å². The second-order valence-electron chi connectivity index (χ2n) is 9.38. The minimum Gasteiger partial charge on any atom is -0.481 e. The summed E-state index contributed by atoms with van der Waals surface area (Å²) in [5.74, 6) is -2.66. The number of allylic oxidation sites excluding steroid dienone is 2. The molecule has 1 aromatic heterocycles. The fourth-order valence-electron chi connectivity index (χ4n) is 5.27. The maximum Gasteiger partial charge on any atom is 0.307 e. The minimum atomic E-state index is -0.934. The number of anilines is 1. The van der Waals surface area contributed by atoms with Gasteiger partial charge < -0.3 is 15.7 Å². The molecule has 6 nitrogen and oxygen atoms in total. The number of carbonyl (C=O) groups excluding carboxylic acids is 2. The van der Waals surface area contributed by atoms with Crippen molar-refractivity contribution in [1.82, 2.24) is 5.32 Å². The first-order valence-electron chi connectivity index (χ1n) is 11.5. The molecule has 1 fully saturated rings. The van der Waals surface area contributed by atoms with Crippen LogP contribution in [0.3, 0.4) is 0 Å². The highest BCUT2D eigenvalue weighted by Crippen LogP contribution is 2.41. The van der Waals surface area contributed by atoms with E-state index in [4.69, 9.17) is 0 Å². The third-order valence-electron chi connectivity index (χ3n) is 7.25. The van der Waals surface area contributed by atoms with E-state index in [-0.39, 0.29) is 17.9 Å². The number of carbonyl (C=O) groups is 3. The van der Waals surface area contributed by atoms with Gasteiger partial charge in [0.1, 0.15) is 5.00 Å². The fourth-order valence-corrected chi connectivity index (χ4v) is 6.56. The van der Waals surface area contributed by atoms with Crippen molar-refractivity contribution in [2.45, 2.75) is 84.1 Å². The van der Waals surface area contributed by atoms with Crippen LogP contribution in [0.25, 0.3) is 0 Å². The number of fused-ring (bicyclic) bond motifs is 1. The molecule has 0 spiro atoms. The molecule has 0 bridgehead atoms. The lowest BCUT2D eigenvalue weighted by Gasteiger charge is -2.29. The van der Waals surface area contributed by atoms with E-state index in [9.17, 15) is 19.5 Å². The molecule has 3 aliphatic carbocycles. The summed E-state index contributed by atoms with van der Waals surface area (Å²) in [6, 6.07) is 0.201. The van der Waals surface area contributed by atoms with E-state index in [0.29, 0.717) is 23.4 Å². The van der Waals surface area contributed by atoms with Crippen LogP contribution < -0.4 is 10.6 Å². The molecule has 2 atom stereocenters. The Morgan fingerprint density at radius 1 is 0.935 bits per heavy atom. The van der Waals surface area contributed by atoms with Crippen molar-refractivity contribution in [3.05, 3.63) is 27.2 Å². The van der Waals surface area contributed by atoms with Crippen molar-refractivity contribution in [1.29, 1.82) is 0 Å². The predicted octanol–water partition coefficient (Wildman–Crippen LogP) is 4.69. The maximum absolute atomic E-state index is 13.2. The van der Waals surface area contributed by atoms with Gasteiger partial charge in [-0.1, -0.05) is 30.4 Å². The first-order valence-corrected chi connectivity index (χ1v) is 12.3. The molecule has 0 radical (unpaired) electrons. The van der Waals surface area contributed by atoms with Crippen LogP contribution in [0, 0.1) is 11.8 Å². The topological polar surface area (TPSA) is 95.5 Å². The van der Waals surface area contributed by atoms with Gasteiger partial charge in [0.25, 0.3) is 5.91 Å². The smallest absolute Gasteiger partial charge is 0.307 e. The van der Waals surface area contributed by atoms with Gasteiger partial charge in [-0.2, -0.15) is 0 Å². The molecule has 168 valence electrons. The number of nitrogens with one attached hydrogen (secondary N) is 2. The second kappa shape index (κ2) is 9.15. The van der Waals surface area contributed by atoms with Crippen molar-refractivity contribution in [2.75, 3.05) is 5.32 Å². The zero-order chi connectivity index (χ0) is 22.1. The highest BCUT2D eigenvalue weighted by molar-refractivity contribution is 7.17. The summed E-state index contributed by atoms with van der Waals surface area (Å²) in [5, 5.41) is 16.5. The molecule has 0 saturated heterocycles. The Bertz CT molecular complexity index is 926. The normalized spacial score (nSPS) is 24.1. The monoisotopic (exact) mass is 444 g/mol. The summed E-state index contributed by atoms with van der Waals surface area (Å²) >= 11 is 1.49. The molecular formula is C24H32N2O4S. The van der Waals surface area contributed by atoms with Crippen LogP contribution in [0.5, 0.6) is 0 Å². The predicted molar refractivity (Wildman–Crippen MR) is 122 cm³/mol. The Kier molecular flexibility index (Phi) is 6.51. The molecule has 0 aliphatic heterocycles. The molecule has 0 aromatic carbocycles. The van der Waals surface area contributed by atoms with E-state index in [2.05, 4.69) is 10.6 Å². The highest BCUT2D eigenvalue weighted by Gasteiger charge is 2.38. The lowest BCUT2D eigenvalue weighted by molar-refractivity contribution is -0.146. The van der Waals surface area contributed by atoms with Crippen LogP contribution in [-0.4, -0.2) is 28.9 Å². The minimum absolute atomic E-state index is 0.0908. The Balaban J connectivity index is 1.56. The van der Waals surface area contributed by atoms with Gasteiger partial charge in [0.15, 0.2) is 0 Å². The van der Waals surface area contributed by atoms with E-state index >= 15 is 0 Å². The van der Waals surface area contributed by atoms with Crippen molar-refractivity contribution in [3.8, 4) is 0 Å². The molecule has 3 aliphatic rings. The zero-order valence-corrected chi connectivity index (χ0v) is 19.2. The number of hydrogen-bond donors (Lipinski definition) is 3.